The van der Waals surface area contributed by atoms with E-state index in [1.54, 1.807) is 34.1 Å². The zero-order chi connectivity index (χ0) is 29.5. The maximum atomic E-state index is 14.0. The van der Waals surface area contributed by atoms with Crippen molar-refractivity contribution in [1.82, 2.24) is 9.80 Å². The average Bonchev–Trinajstić information content (AvgIpc) is 3.02. The first kappa shape index (κ1) is 29.4. The lowest BCUT2D eigenvalue weighted by molar-refractivity contribution is 0.0382. The van der Waals surface area contributed by atoms with Crippen LogP contribution in [0.1, 0.15) is 26.3 Å². The molecule has 0 saturated carbocycles. The van der Waals surface area contributed by atoms with Gasteiger partial charge in [-0.3, -0.25) is 9.59 Å². The summed E-state index contributed by atoms with van der Waals surface area (Å²) in [7, 11) is 9.02. The van der Waals surface area contributed by atoms with Crippen LogP contribution in [0.3, 0.4) is 0 Å². The Hall–Kier alpha value is -4.60. The smallest absolute Gasteiger partial charge is 0.258 e. The molecule has 2 amide bonds. The van der Waals surface area contributed by atoms with Crippen molar-refractivity contribution in [2.45, 2.75) is 12.5 Å². The van der Waals surface area contributed by atoms with Crippen molar-refractivity contribution in [3.05, 3.63) is 71.3 Å². The molecule has 0 N–H and O–H groups in total. The van der Waals surface area contributed by atoms with Crippen LogP contribution in [0.25, 0.3) is 0 Å². The van der Waals surface area contributed by atoms with E-state index in [9.17, 15) is 9.59 Å². The predicted octanol–water partition coefficient (Wildman–Crippen LogP) is 3.95. The Balaban J connectivity index is 1.69. The van der Waals surface area contributed by atoms with E-state index in [4.69, 9.17) is 28.4 Å². The van der Waals surface area contributed by atoms with Crippen molar-refractivity contribution in [3.8, 4) is 34.5 Å². The van der Waals surface area contributed by atoms with E-state index in [0.717, 1.165) is 5.56 Å². The SMILES string of the molecule is COc1ccc(C(=O)N2CCN(C(=O)c3ccc(OC)c(OC)c3OC)C(Cc3ccccc3)C2)c(OC)c1OC. The molecule has 1 aliphatic rings. The average molecular weight is 565 g/mol. The van der Waals surface area contributed by atoms with Crippen LogP contribution < -0.4 is 28.4 Å². The minimum absolute atomic E-state index is 0.223. The van der Waals surface area contributed by atoms with Crippen LogP contribution in [-0.4, -0.2) is 89.9 Å². The Morgan fingerprint density at radius 2 is 1.15 bits per heavy atom. The van der Waals surface area contributed by atoms with Gasteiger partial charge in [-0.1, -0.05) is 30.3 Å². The fourth-order valence-corrected chi connectivity index (χ4v) is 5.23. The summed E-state index contributed by atoms with van der Waals surface area (Å²) in [6, 6.07) is 16.3. The Labute approximate surface area is 240 Å². The van der Waals surface area contributed by atoms with Crippen molar-refractivity contribution >= 4 is 11.8 Å². The van der Waals surface area contributed by atoms with E-state index < -0.39 is 0 Å². The van der Waals surface area contributed by atoms with Gasteiger partial charge in [0.05, 0.1) is 59.8 Å². The summed E-state index contributed by atoms with van der Waals surface area (Å²) in [5.41, 5.74) is 1.75. The van der Waals surface area contributed by atoms with Gasteiger partial charge < -0.3 is 38.2 Å². The van der Waals surface area contributed by atoms with Gasteiger partial charge in [0.1, 0.15) is 0 Å². The molecule has 0 bridgehead atoms. The second kappa shape index (κ2) is 13.2. The monoisotopic (exact) mass is 564 g/mol. The predicted molar refractivity (Wildman–Crippen MR) is 153 cm³/mol. The molecule has 4 rings (SSSR count). The van der Waals surface area contributed by atoms with E-state index in [-0.39, 0.29) is 17.9 Å². The molecule has 1 aliphatic heterocycles. The summed E-state index contributed by atoms with van der Waals surface area (Å²) in [6.07, 6.45) is 0.551. The minimum Gasteiger partial charge on any atom is -0.493 e. The molecule has 0 aliphatic carbocycles. The number of hydrogen-bond donors (Lipinski definition) is 0. The summed E-state index contributed by atoms with van der Waals surface area (Å²) in [5, 5.41) is 0. The van der Waals surface area contributed by atoms with Crippen molar-refractivity contribution in [2.75, 3.05) is 62.3 Å². The number of methoxy groups -OCH3 is 6. The second-order valence-electron chi connectivity index (χ2n) is 9.36. The highest BCUT2D eigenvalue weighted by molar-refractivity contribution is 6.00. The van der Waals surface area contributed by atoms with Crippen LogP contribution in [0, 0.1) is 0 Å². The quantitative estimate of drug-likeness (QED) is 0.365. The topological polar surface area (TPSA) is 96.0 Å². The van der Waals surface area contributed by atoms with Gasteiger partial charge in [-0.25, -0.2) is 0 Å². The van der Waals surface area contributed by atoms with Crippen LogP contribution in [0.2, 0.25) is 0 Å². The lowest BCUT2D eigenvalue weighted by Crippen LogP contribution is -2.57. The van der Waals surface area contributed by atoms with E-state index in [2.05, 4.69) is 0 Å². The Bertz CT molecular complexity index is 1380. The zero-order valence-corrected chi connectivity index (χ0v) is 24.3. The van der Waals surface area contributed by atoms with Crippen molar-refractivity contribution < 1.29 is 38.0 Å². The summed E-state index contributed by atoms with van der Waals surface area (Å²) >= 11 is 0. The second-order valence-corrected chi connectivity index (χ2v) is 9.36. The first-order chi connectivity index (χ1) is 19.9. The van der Waals surface area contributed by atoms with Gasteiger partial charge in [0.15, 0.2) is 23.0 Å². The zero-order valence-electron chi connectivity index (χ0n) is 24.3. The number of carbonyl (C=O) groups is 2. The first-order valence-electron chi connectivity index (χ1n) is 13.1. The summed E-state index contributed by atoms with van der Waals surface area (Å²) in [6.45, 7) is 0.949. The summed E-state index contributed by atoms with van der Waals surface area (Å²) in [4.78, 5) is 31.4. The number of benzene rings is 3. The maximum Gasteiger partial charge on any atom is 0.258 e. The maximum absolute atomic E-state index is 14.0. The Morgan fingerprint density at radius 3 is 1.63 bits per heavy atom. The molecular formula is C31H36N2O8. The fraction of sp³-hybridized carbons (Fsp3) is 0.355. The van der Waals surface area contributed by atoms with Crippen LogP contribution in [-0.2, 0) is 6.42 Å². The van der Waals surface area contributed by atoms with Gasteiger partial charge in [0, 0.05) is 19.6 Å². The lowest BCUT2D eigenvalue weighted by atomic mass is 9.99. The normalized spacial score (nSPS) is 14.7. The van der Waals surface area contributed by atoms with Crippen molar-refractivity contribution in [2.24, 2.45) is 0 Å². The molecule has 3 aromatic carbocycles. The summed E-state index contributed by atoms with van der Waals surface area (Å²) in [5.74, 6) is 1.75. The third-order valence-corrected chi connectivity index (χ3v) is 7.21. The highest BCUT2D eigenvalue weighted by Gasteiger charge is 2.36. The summed E-state index contributed by atoms with van der Waals surface area (Å²) < 4.78 is 32.9. The first-order valence-corrected chi connectivity index (χ1v) is 13.1. The van der Waals surface area contributed by atoms with E-state index in [0.29, 0.717) is 71.7 Å². The van der Waals surface area contributed by atoms with E-state index in [1.165, 1.54) is 42.7 Å². The van der Waals surface area contributed by atoms with Gasteiger partial charge in [-0.05, 0) is 36.2 Å². The molecule has 218 valence electrons. The third kappa shape index (κ3) is 5.82. The van der Waals surface area contributed by atoms with Gasteiger partial charge in [0.25, 0.3) is 11.8 Å². The minimum atomic E-state index is -0.313. The molecule has 10 heteroatoms. The molecule has 0 aromatic heterocycles. The van der Waals surface area contributed by atoms with Gasteiger partial charge in [0.2, 0.25) is 11.5 Å². The number of nitrogens with zero attached hydrogens (tertiary/aromatic N) is 2. The van der Waals surface area contributed by atoms with Crippen LogP contribution in [0.15, 0.2) is 54.6 Å². The number of hydrogen-bond acceptors (Lipinski definition) is 8. The number of rotatable bonds is 10. The number of carbonyl (C=O) groups excluding carboxylic acids is 2. The molecule has 0 radical (unpaired) electrons. The van der Waals surface area contributed by atoms with Gasteiger partial charge >= 0.3 is 0 Å². The number of piperazine rings is 1. The van der Waals surface area contributed by atoms with Crippen LogP contribution >= 0.6 is 0 Å². The lowest BCUT2D eigenvalue weighted by Gasteiger charge is -2.42. The Morgan fingerprint density at radius 1 is 0.634 bits per heavy atom. The molecule has 41 heavy (non-hydrogen) atoms. The standard InChI is InChI=1S/C31H36N2O8/c1-36-24-14-12-22(26(38-3)28(24)40-5)30(34)32-16-17-33(21(19-32)18-20-10-8-7-9-11-20)31(35)23-13-15-25(37-2)29(41-6)27(23)39-4/h7-15,21H,16-19H2,1-6H3. The molecule has 1 unspecified atom stereocenters. The Kier molecular flexibility index (Phi) is 9.44. The highest BCUT2D eigenvalue weighted by Crippen LogP contribution is 2.42. The van der Waals surface area contributed by atoms with Gasteiger partial charge in [-0.2, -0.15) is 0 Å². The van der Waals surface area contributed by atoms with Crippen molar-refractivity contribution in [1.29, 1.82) is 0 Å². The molecule has 1 atom stereocenters. The van der Waals surface area contributed by atoms with E-state index >= 15 is 0 Å². The largest absolute Gasteiger partial charge is 0.493 e. The molecule has 1 heterocycles. The van der Waals surface area contributed by atoms with Crippen LogP contribution in [0.4, 0.5) is 0 Å². The molecular weight excluding hydrogens is 528 g/mol. The third-order valence-electron chi connectivity index (χ3n) is 7.21. The number of ether oxygens (including phenoxy) is 6. The number of amides is 2. The van der Waals surface area contributed by atoms with Crippen LogP contribution in [0.5, 0.6) is 34.5 Å². The van der Waals surface area contributed by atoms with E-state index in [1.807, 2.05) is 30.3 Å². The molecule has 0 spiro atoms. The molecule has 3 aromatic rings. The molecule has 10 nitrogen and oxygen atoms in total. The molecule has 1 saturated heterocycles. The van der Waals surface area contributed by atoms with Gasteiger partial charge in [-0.15, -0.1) is 0 Å². The highest BCUT2D eigenvalue weighted by atomic mass is 16.5. The van der Waals surface area contributed by atoms with Crippen molar-refractivity contribution in [3.63, 3.8) is 0 Å². The molecule has 1 fully saturated rings. The fourth-order valence-electron chi connectivity index (χ4n) is 5.23.